The topological polar surface area (TPSA) is 94.6 Å². The number of nitrogens with zero attached hydrogens (tertiary/aromatic N) is 1. The zero-order valence-electron chi connectivity index (χ0n) is 18.8. The first-order valence-corrected chi connectivity index (χ1v) is 11.4. The molecule has 1 unspecified atom stereocenters. The van der Waals surface area contributed by atoms with E-state index in [1.165, 1.54) is 0 Å². The van der Waals surface area contributed by atoms with E-state index in [0.717, 1.165) is 15.6 Å². The summed E-state index contributed by atoms with van der Waals surface area (Å²) in [7, 11) is 1.59. The Labute approximate surface area is 201 Å². The molecule has 0 saturated carbocycles. The molecule has 0 fully saturated rings. The van der Waals surface area contributed by atoms with Crippen molar-refractivity contribution in [3.8, 4) is 17.6 Å². The molecule has 2 N–H and O–H groups in total. The maximum absolute atomic E-state index is 13.2. The molecule has 1 aliphatic heterocycles. The molecule has 7 heteroatoms. The lowest BCUT2D eigenvalue weighted by Gasteiger charge is -2.37. The standard InChI is InChI=1S/C26H25BrN2O4/c1-26(2)11-19(30)24-22(12-26)33-25(29)17(13-28)23(24)15-8-9-20(31-3)16(10-15)14-32-21-7-5-4-6-18(21)27/h4-10,23H,11-12,14,29H2,1-3H3. The fourth-order valence-corrected chi connectivity index (χ4v) is 4.83. The van der Waals surface area contributed by atoms with Crippen LogP contribution in [0, 0.1) is 16.7 Å². The Hall–Kier alpha value is -3.24. The van der Waals surface area contributed by atoms with Crippen LogP contribution in [0.2, 0.25) is 0 Å². The minimum atomic E-state index is -0.588. The van der Waals surface area contributed by atoms with Crippen LogP contribution >= 0.6 is 15.9 Å². The molecule has 0 amide bonds. The lowest BCUT2D eigenvalue weighted by Crippen LogP contribution is -2.33. The number of hydrogen-bond donors (Lipinski definition) is 1. The van der Waals surface area contributed by atoms with Crippen molar-refractivity contribution in [2.24, 2.45) is 11.1 Å². The highest BCUT2D eigenvalue weighted by atomic mass is 79.9. The number of halogens is 1. The third kappa shape index (κ3) is 4.49. The van der Waals surface area contributed by atoms with Crippen molar-refractivity contribution >= 4 is 21.7 Å². The summed E-state index contributed by atoms with van der Waals surface area (Å²) >= 11 is 3.49. The predicted molar refractivity (Wildman–Crippen MR) is 127 cm³/mol. The zero-order chi connectivity index (χ0) is 23.8. The SMILES string of the molecule is COc1ccc(C2C(C#N)=C(N)OC3=C2C(=O)CC(C)(C)C3)cc1COc1ccccc1Br. The third-order valence-electron chi connectivity index (χ3n) is 5.93. The Morgan fingerprint density at radius 3 is 2.67 bits per heavy atom. The summed E-state index contributed by atoms with van der Waals surface area (Å²) in [6.45, 7) is 4.30. The van der Waals surface area contributed by atoms with Gasteiger partial charge in [-0.15, -0.1) is 0 Å². The molecule has 33 heavy (non-hydrogen) atoms. The molecule has 0 saturated heterocycles. The molecule has 6 nitrogen and oxygen atoms in total. The number of nitriles is 1. The number of allylic oxidation sites excluding steroid dienone is 3. The Morgan fingerprint density at radius 2 is 1.97 bits per heavy atom. The average Bonchev–Trinajstić information content (AvgIpc) is 2.76. The van der Waals surface area contributed by atoms with Crippen LogP contribution in [0.4, 0.5) is 0 Å². The van der Waals surface area contributed by atoms with Gasteiger partial charge in [0.25, 0.3) is 0 Å². The smallest absolute Gasteiger partial charge is 0.205 e. The van der Waals surface area contributed by atoms with E-state index < -0.39 is 5.92 Å². The van der Waals surface area contributed by atoms with Crippen LogP contribution in [0.25, 0.3) is 0 Å². The minimum Gasteiger partial charge on any atom is -0.496 e. The van der Waals surface area contributed by atoms with E-state index in [4.69, 9.17) is 19.9 Å². The molecule has 0 aromatic heterocycles. The highest BCUT2D eigenvalue weighted by Gasteiger charge is 2.43. The van der Waals surface area contributed by atoms with Gasteiger partial charge in [0.05, 0.1) is 17.5 Å². The van der Waals surface area contributed by atoms with Gasteiger partial charge in [0.1, 0.15) is 35.5 Å². The van der Waals surface area contributed by atoms with Gasteiger partial charge in [-0.3, -0.25) is 4.79 Å². The molecule has 2 aromatic carbocycles. The molecule has 170 valence electrons. The van der Waals surface area contributed by atoms with Crippen molar-refractivity contribution in [1.82, 2.24) is 0 Å². The molecular formula is C26H25BrN2O4. The summed E-state index contributed by atoms with van der Waals surface area (Å²) in [6.07, 6.45) is 0.969. The number of carbonyl (C=O) groups excluding carboxylic acids is 1. The fourth-order valence-electron chi connectivity index (χ4n) is 4.43. The molecule has 2 aliphatic rings. The first-order valence-electron chi connectivity index (χ1n) is 10.6. The van der Waals surface area contributed by atoms with Crippen LogP contribution in [0.15, 0.2) is 69.7 Å². The summed E-state index contributed by atoms with van der Waals surface area (Å²) in [6, 6.07) is 15.3. The highest BCUT2D eigenvalue weighted by molar-refractivity contribution is 9.10. The average molecular weight is 509 g/mol. The van der Waals surface area contributed by atoms with Crippen LogP contribution in [0.1, 0.15) is 43.7 Å². The van der Waals surface area contributed by atoms with Gasteiger partial charge in [0, 0.05) is 24.0 Å². The minimum absolute atomic E-state index is 0.0201. The van der Waals surface area contributed by atoms with Gasteiger partial charge in [-0.05, 0) is 51.2 Å². The number of methoxy groups -OCH3 is 1. The van der Waals surface area contributed by atoms with Crippen molar-refractivity contribution in [3.05, 3.63) is 80.9 Å². The lowest BCUT2D eigenvalue weighted by atomic mass is 9.70. The number of nitrogens with two attached hydrogens (primary N) is 1. The third-order valence-corrected chi connectivity index (χ3v) is 6.59. The van der Waals surface area contributed by atoms with Crippen LogP contribution in [-0.4, -0.2) is 12.9 Å². The van der Waals surface area contributed by atoms with E-state index >= 15 is 0 Å². The quantitative estimate of drug-likeness (QED) is 0.573. The van der Waals surface area contributed by atoms with Gasteiger partial charge >= 0.3 is 0 Å². The number of ketones is 1. The number of benzene rings is 2. The Balaban J connectivity index is 1.76. The van der Waals surface area contributed by atoms with Crippen LogP contribution in [-0.2, 0) is 16.1 Å². The summed E-state index contributed by atoms with van der Waals surface area (Å²) in [4.78, 5) is 13.2. The van der Waals surface area contributed by atoms with Crippen molar-refractivity contribution in [1.29, 1.82) is 5.26 Å². The number of rotatable bonds is 5. The van der Waals surface area contributed by atoms with E-state index in [1.54, 1.807) is 7.11 Å². The van der Waals surface area contributed by atoms with E-state index in [9.17, 15) is 10.1 Å². The van der Waals surface area contributed by atoms with Crippen LogP contribution in [0.5, 0.6) is 11.5 Å². The molecular weight excluding hydrogens is 484 g/mol. The molecule has 2 aromatic rings. The second-order valence-electron chi connectivity index (χ2n) is 8.99. The highest BCUT2D eigenvalue weighted by Crippen LogP contribution is 2.48. The number of ether oxygens (including phenoxy) is 3. The van der Waals surface area contributed by atoms with Crippen molar-refractivity contribution in [2.45, 2.75) is 39.2 Å². The summed E-state index contributed by atoms with van der Waals surface area (Å²) in [5.41, 5.74) is 8.23. The van der Waals surface area contributed by atoms with Crippen molar-refractivity contribution in [2.75, 3.05) is 7.11 Å². The second-order valence-corrected chi connectivity index (χ2v) is 9.85. The summed E-state index contributed by atoms with van der Waals surface area (Å²) < 4.78 is 18.2. The number of hydrogen-bond acceptors (Lipinski definition) is 6. The van der Waals surface area contributed by atoms with Crippen LogP contribution in [0.3, 0.4) is 0 Å². The Bertz CT molecular complexity index is 1220. The van der Waals surface area contributed by atoms with Gasteiger partial charge in [0.15, 0.2) is 5.78 Å². The lowest BCUT2D eigenvalue weighted by molar-refractivity contribution is -0.119. The molecule has 1 atom stereocenters. The normalized spacial score (nSPS) is 19.5. The van der Waals surface area contributed by atoms with E-state index in [0.29, 0.717) is 35.7 Å². The molecule has 1 aliphatic carbocycles. The van der Waals surface area contributed by atoms with Gasteiger partial charge < -0.3 is 19.9 Å². The van der Waals surface area contributed by atoms with Crippen molar-refractivity contribution in [3.63, 3.8) is 0 Å². The van der Waals surface area contributed by atoms with Gasteiger partial charge in [-0.25, -0.2) is 0 Å². The number of para-hydroxylation sites is 1. The Kier molecular flexibility index (Phi) is 6.22. The predicted octanol–water partition coefficient (Wildman–Crippen LogP) is 5.49. The molecule has 1 heterocycles. The van der Waals surface area contributed by atoms with Gasteiger partial charge in [-0.2, -0.15) is 5.26 Å². The molecule has 0 bridgehead atoms. The molecule has 0 spiro atoms. The summed E-state index contributed by atoms with van der Waals surface area (Å²) in [5, 5.41) is 9.87. The first-order chi connectivity index (χ1) is 15.7. The largest absolute Gasteiger partial charge is 0.496 e. The monoisotopic (exact) mass is 508 g/mol. The van der Waals surface area contributed by atoms with Crippen LogP contribution < -0.4 is 15.2 Å². The number of carbonyl (C=O) groups is 1. The maximum atomic E-state index is 13.2. The van der Waals surface area contributed by atoms with E-state index in [-0.39, 0.29) is 29.3 Å². The maximum Gasteiger partial charge on any atom is 0.205 e. The van der Waals surface area contributed by atoms with Crippen molar-refractivity contribution < 1.29 is 19.0 Å². The zero-order valence-corrected chi connectivity index (χ0v) is 20.4. The second kappa shape index (κ2) is 8.95. The van der Waals surface area contributed by atoms with Gasteiger partial charge in [0.2, 0.25) is 5.88 Å². The molecule has 0 radical (unpaired) electrons. The summed E-state index contributed by atoms with van der Waals surface area (Å²) in [5.74, 6) is 1.35. The Morgan fingerprint density at radius 1 is 1.21 bits per heavy atom. The number of Topliss-reactive ketones (excluding diaryl/α,β-unsaturated/α-hetero) is 1. The van der Waals surface area contributed by atoms with Gasteiger partial charge in [-0.1, -0.05) is 32.0 Å². The van der Waals surface area contributed by atoms with E-state index in [2.05, 4.69) is 22.0 Å². The fraction of sp³-hybridized carbons (Fsp3) is 0.308. The molecule has 4 rings (SSSR count). The van der Waals surface area contributed by atoms with E-state index in [1.807, 2.05) is 56.3 Å². The first kappa shape index (κ1) is 22.9.